The molecule has 0 saturated carbocycles. The fraction of sp³-hybridized carbons (Fsp3) is 0.235. The SMILES string of the molecule is COc1ccc(OCCNCC(=O)Nc2ccc(Cl)cc2)cc1. The van der Waals surface area contributed by atoms with Crippen molar-refractivity contribution in [3.8, 4) is 11.5 Å². The number of methoxy groups -OCH3 is 1. The summed E-state index contributed by atoms with van der Waals surface area (Å²) in [5, 5.41) is 6.43. The quantitative estimate of drug-likeness (QED) is 0.729. The zero-order valence-corrected chi connectivity index (χ0v) is 13.6. The zero-order valence-electron chi connectivity index (χ0n) is 12.8. The minimum absolute atomic E-state index is 0.114. The molecular formula is C17H19ClN2O3. The Morgan fingerprint density at radius 1 is 1.04 bits per heavy atom. The number of hydrogen-bond acceptors (Lipinski definition) is 4. The molecule has 2 N–H and O–H groups in total. The monoisotopic (exact) mass is 334 g/mol. The minimum Gasteiger partial charge on any atom is -0.497 e. The standard InChI is InChI=1S/C17H19ClN2O3/c1-22-15-6-8-16(9-7-15)23-11-10-19-12-17(21)20-14-4-2-13(18)3-5-14/h2-9,19H,10-12H2,1H3,(H,20,21). The zero-order chi connectivity index (χ0) is 16.5. The maximum absolute atomic E-state index is 11.7. The number of amides is 1. The molecule has 0 aliphatic carbocycles. The van der Waals surface area contributed by atoms with E-state index in [0.717, 1.165) is 17.2 Å². The average Bonchev–Trinajstić information content (AvgIpc) is 2.57. The number of ether oxygens (including phenoxy) is 2. The van der Waals surface area contributed by atoms with Gasteiger partial charge in [0.2, 0.25) is 5.91 Å². The van der Waals surface area contributed by atoms with Crippen molar-refractivity contribution in [3.05, 3.63) is 53.6 Å². The summed E-state index contributed by atoms with van der Waals surface area (Å²) in [5.74, 6) is 1.43. The molecule has 0 aromatic heterocycles. The van der Waals surface area contributed by atoms with Crippen LogP contribution in [0.1, 0.15) is 0 Å². The first-order valence-electron chi connectivity index (χ1n) is 7.20. The van der Waals surface area contributed by atoms with Crippen molar-refractivity contribution in [1.82, 2.24) is 5.32 Å². The molecule has 0 fully saturated rings. The molecule has 0 heterocycles. The number of nitrogens with one attached hydrogen (secondary N) is 2. The lowest BCUT2D eigenvalue weighted by atomic mass is 10.3. The highest BCUT2D eigenvalue weighted by Crippen LogP contribution is 2.16. The normalized spacial score (nSPS) is 10.2. The molecule has 5 nitrogen and oxygen atoms in total. The molecule has 0 spiro atoms. The maximum atomic E-state index is 11.7. The molecule has 2 aromatic carbocycles. The van der Waals surface area contributed by atoms with Gasteiger partial charge >= 0.3 is 0 Å². The Morgan fingerprint density at radius 3 is 2.35 bits per heavy atom. The summed E-state index contributed by atoms with van der Waals surface area (Å²) in [4.78, 5) is 11.7. The van der Waals surface area contributed by atoms with Crippen LogP contribution in [0.4, 0.5) is 5.69 Å². The highest BCUT2D eigenvalue weighted by Gasteiger charge is 2.02. The van der Waals surface area contributed by atoms with E-state index in [4.69, 9.17) is 21.1 Å². The number of halogens is 1. The van der Waals surface area contributed by atoms with Crippen LogP contribution >= 0.6 is 11.6 Å². The van der Waals surface area contributed by atoms with E-state index >= 15 is 0 Å². The lowest BCUT2D eigenvalue weighted by molar-refractivity contribution is -0.115. The maximum Gasteiger partial charge on any atom is 0.238 e. The van der Waals surface area contributed by atoms with Gasteiger partial charge in [-0.15, -0.1) is 0 Å². The summed E-state index contributed by atoms with van der Waals surface area (Å²) in [6.07, 6.45) is 0. The van der Waals surface area contributed by atoms with Gasteiger partial charge in [-0.05, 0) is 48.5 Å². The molecule has 0 aliphatic rings. The molecule has 0 aliphatic heterocycles. The molecule has 1 amide bonds. The van der Waals surface area contributed by atoms with E-state index in [1.165, 1.54) is 0 Å². The number of hydrogen-bond donors (Lipinski definition) is 2. The van der Waals surface area contributed by atoms with Gasteiger partial charge in [-0.2, -0.15) is 0 Å². The summed E-state index contributed by atoms with van der Waals surface area (Å²) < 4.78 is 10.6. The van der Waals surface area contributed by atoms with Crippen molar-refractivity contribution < 1.29 is 14.3 Å². The van der Waals surface area contributed by atoms with Crippen LogP contribution in [0.5, 0.6) is 11.5 Å². The van der Waals surface area contributed by atoms with Crippen LogP contribution in [0.3, 0.4) is 0 Å². The lowest BCUT2D eigenvalue weighted by Gasteiger charge is -2.09. The van der Waals surface area contributed by atoms with Crippen LogP contribution in [0, 0.1) is 0 Å². The largest absolute Gasteiger partial charge is 0.497 e. The smallest absolute Gasteiger partial charge is 0.238 e. The first kappa shape index (κ1) is 17.1. The van der Waals surface area contributed by atoms with Crippen molar-refractivity contribution in [3.63, 3.8) is 0 Å². The molecule has 2 rings (SSSR count). The van der Waals surface area contributed by atoms with Crippen molar-refractivity contribution >= 4 is 23.2 Å². The van der Waals surface area contributed by atoms with Gasteiger partial charge in [0.15, 0.2) is 0 Å². The Hall–Kier alpha value is -2.24. The van der Waals surface area contributed by atoms with Crippen LogP contribution in [-0.4, -0.2) is 32.7 Å². The van der Waals surface area contributed by atoms with E-state index in [2.05, 4.69) is 10.6 Å². The summed E-state index contributed by atoms with van der Waals surface area (Å²) in [6, 6.07) is 14.3. The van der Waals surface area contributed by atoms with Crippen molar-refractivity contribution in [1.29, 1.82) is 0 Å². The van der Waals surface area contributed by atoms with Crippen molar-refractivity contribution in [2.24, 2.45) is 0 Å². The first-order valence-corrected chi connectivity index (χ1v) is 7.58. The molecule has 0 unspecified atom stereocenters. The number of carbonyl (C=O) groups excluding carboxylic acids is 1. The van der Waals surface area contributed by atoms with E-state index in [1.807, 2.05) is 24.3 Å². The van der Waals surface area contributed by atoms with E-state index in [1.54, 1.807) is 31.4 Å². The summed E-state index contributed by atoms with van der Waals surface area (Å²) >= 11 is 5.79. The van der Waals surface area contributed by atoms with Crippen LogP contribution in [0.25, 0.3) is 0 Å². The predicted molar refractivity (Wildman–Crippen MR) is 91.4 cm³/mol. The lowest BCUT2D eigenvalue weighted by Crippen LogP contribution is -2.31. The molecule has 0 bridgehead atoms. The Bertz CT molecular complexity index is 615. The third kappa shape index (κ3) is 6.18. The first-order chi connectivity index (χ1) is 11.2. The predicted octanol–water partition coefficient (Wildman–Crippen LogP) is 2.96. The minimum atomic E-state index is -0.114. The second-order valence-electron chi connectivity index (χ2n) is 4.76. The highest BCUT2D eigenvalue weighted by molar-refractivity contribution is 6.30. The molecular weight excluding hydrogens is 316 g/mol. The molecule has 0 radical (unpaired) electrons. The molecule has 6 heteroatoms. The molecule has 2 aromatic rings. The second kappa shape index (κ2) is 9.02. The average molecular weight is 335 g/mol. The Morgan fingerprint density at radius 2 is 1.70 bits per heavy atom. The second-order valence-corrected chi connectivity index (χ2v) is 5.19. The van der Waals surface area contributed by atoms with E-state index in [0.29, 0.717) is 18.2 Å². The van der Waals surface area contributed by atoms with Crippen molar-refractivity contribution in [2.45, 2.75) is 0 Å². The van der Waals surface area contributed by atoms with Gasteiger partial charge in [-0.1, -0.05) is 11.6 Å². The number of carbonyl (C=O) groups is 1. The van der Waals surface area contributed by atoms with Gasteiger partial charge in [-0.25, -0.2) is 0 Å². The fourth-order valence-electron chi connectivity index (χ4n) is 1.85. The van der Waals surface area contributed by atoms with Crippen LogP contribution in [0.2, 0.25) is 5.02 Å². The highest BCUT2D eigenvalue weighted by atomic mass is 35.5. The van der Waals surface area contributed by atoms with Gasteiger partial charge in [0.1, 0.15) is 18.1 Å². The van der Waals surface area contributed by atoms with Gasteiger partial charge in [-0.3, -0.25) is 4.79 Å². The van der Waals surface area contributed by atoms with Gasteiger partial charge in [0.05, 0.1) is 13.7 Å². The summed E-state index contributed by atoms with van der Waals surface area (Å²) in [6.45, 7) is 1.26. The number of anilines is 1. The summed E-state index contributed by atoms with van der Waals surface area (Å²) in [7, 11) is 1.62. The fourth-order valence-corrected chi connectivity index (χ4v) is 1.98. The molecule has 0 atom stereocenters. The number of rotatable bonds is 8. The van der Waals surface area contributed by atoms with Crippen LogP contribution in [-0.2, 0) is 4.79 Å². The Labute approximate surface area is 140 Å². The third-order valence-electron chi connectivity index (χ3n) is 3.02. The third-order valence-corrected chi connectivity index (χ3v) is 3.27. The van der Waals surface area contributed by atoms with E-state index < -0.39 is 0 Å². The molecule has 122 valence electrons. The van der Waals surface area contributed by atoms with Crippen molar-refractivity contribution in [2.75, 3.05) is 32.1 Å². The number of benzene rings is 2. The molecule has 0 saturated heterocycles. The Balaban J connectivity index is 1.61. The topological polar surface area (TPSA) is 59.6 Å². The summed E-state index contributed by atoms with van der Waals surface area (Å²) in [5.41, 5.74) is 0.718. The van der Waals surface area contributed by atoms with E-state index in [9.17, 15) is 4.79 Å². The van der Waals surface area contributed by atoms with E-state index in [-0.39, 0.29) is 12.5 Å². The molecule has 23 heavy (non-hydrogen) atoms. The van der Waals surface area contributed by atoms with Gasteiger partial charge < -0.3 is 20.1 Å². The van der Waals surface area contributed by atoms with Crippen LogP contribution in [0.15, 0.2) is 48.5 Å². The van der Waals surface area contributed by atoms with Gasteiger partial charge in [0, 0.05) is 17.3 Å². The van der Waals surface area contributed by atoms with Crippen LogP contribution < -0.4 is 20.1 Å². The van der Waals surface area contributed by atoms with Gasteiger partial charge in [0.25, 0.3) is 0 Å². The Kier molecular flexibility index (Phi) is 6.72.